The zero-order chi connectivity index (χ0) is 10.3. The third-order valence-electron chi connectivity index (χ3n) is 3.32. The van der Waals surface area contributed by atoms with Gasteiger partial charge in [0, 0.05) is 0 Å². The first-order chi connectivity index (χ1) is 6.61. The van der Waals surface area contributed by atoms with E-state index in [1.54, 1.807) is 6.08 Å². The van der Waals surface area contributed by atoms with Gasteiger partial charge in [0.2, 0.25) is 0 Å². The number of hydrogen-bond acceptors (Lipinski definition) is 2. The van der Waals surface area contributed by atoms with Crippen LogP contribution in [0.25, 0.3) is 0 Å². The maximum atomic E-state index is 10.1. The summed E-state index contributed by atoms with van der Waals surface area (Å²) in [6.45, 7) is 5.60. The SMILES string of the molecule is C=C/C(C)=C1/C2=CCCCC2(O)C1O. The van der Waals surface area contributed by atoms with Crippen LogP contribution in [0, 0.1) is 0 Å². The number of rotatable bonds is 1. The minimum atomic E-state index is -0.960. The smallest absolute Gasteiger partial charge is 0.120 e. The fraction of sp³-hybridized carbons (Fsp3) is 0.500. The molecule has 14 heavy (non-hydrogen) atoms. The molecule has 0 saturated heterocycles. The zero-order valence-corrected chi connectivity index (χ0v) is 8.45. The Morgan fingerprint density at radius 3 is 3.07 bits per heavy atom. The van der Waals surface area contributed by atoms with E-state index in [2.05, 4.69) is 6.58 Å². The predicted octanol–water partition coefficient (Wildman–Crippen LogP) is 1.70. The minimum absolute atomic E-state index is 0.675. The van der Waals surface area contributed by atoms with Gasteiger partial charge in [0.05, 0.1) is 0 Å². The lowest BCUT2D eigenvalue weighted by Gasteiger charge is -2.50. The number of hydrogen-bond donors (Lipinski definition) is 2. The van der Waals surface area contributed by atoms with Crippen LogP contribution in [-0.2, 0) is 0 Å². The molecule has 2 aliphatic carbocycles. The summed E-state index contributed by atoms with van der Waals surface area (Å²) in [5, 5.41) is 20.0. The summed E-state index contributed by atoms with van der Waals surface area (Å²) >= 11 is 0. The molecule has 2 rings (SSSR count). The van der Waals surface area contributed by atoms with Gasteiger partial charge in [0.1, 0.15) is 11.7 Å². The highest BCUT2D eigenvalue weighted by atomic mass is 16.3. The summed E-state index contributed by atoms with van der Waals surface area (Å²) in [5.74, 6) is 0. The molecular formula is C12H16O2. The summed E-state index contributed by atoms with van der Waals surface area (Å²) in [7, 11) is 0. The molecular weight excluding hydrogens is 176 g/mol. The summed E-state index contributed by atoms with van der Waals surface area (Å²) in [5.41, 5.74) is 1.81. The van der Waals surface area contributed by atoms with E-state index >= 15 is 0 Å². The fourth-order valence-electron chi connectivity index (χ4n) is 2.40. The third kappa shape index (κ3) is 1.04. The maximum Gasteiger partial charge on any atom is 0.120 e. The Kier molecular flexibility index (Phi) is 2.13. The lowest BCUT2D eigenvalue weighted by atomic mass is 9.61. The topological polar surface area (TPSA) is 40.5 Å². The molecule has 2 nitrogen and oxygen atoms in total. The van der Waals surface area contributed by atoms with Crippen molar-refractivity contribution in [1.29, 1.82) is 0 Å². The van der Waals surface area contributed by atoms with Gasteiger partial charge in [-0.15, -0.1) is 0 Å². The van der Waals surface area contributed by atoms with Gasteiger partial charge in [-0.3, -0.25) is 0 Å². The normalized spacial score (nSPS) is 39.4. The Morgan fingerprint density at radius 1 is 1.71 bits per heavy atom. The quantitative estimate of drug-likeness (QED) is 0.664. The first-order valence-corrected chi connectivity index (χ1v) is 5.06. The van der Waals surface area contributed by atoms with E-state index < -0.39 is 11.7 Å². The largest absolute Gasteiger partial charge is 0.385 e. The van der Waals surface area contributed by atoms with Crippen molar-refractivity contribution in [3.8, 4) is 0 Å². The molecule has 0 aromatic rings. The Hall–Kier alpha value is -0.860. The Morgan fingerprint density at radius 2 is 2.43 bits per heavy atom. The van der Waals surface area contributed by atoms with Gasteiger partial charge in [0.15, 0.2) is 0 Å². The second-order valence-electron chi connectivity index (χ2n) is 4.14. The Labute approximate surface area is 84.3 Å². The van der Waals surface area contributed by atoms with Gasteiger partial charge in [-0.1, -0.05) is 18.7 Å². The van der Waals surface area contributed by atoms with Crippen LogP contribution >= 0.6 is 0 Å². The molecule has 0 aliphatic heterocycles. The number of aliphatic hydroxyl groups excluding tert-OH is 1. The van der Waals surface area contributed by atoms with Crippen LogP contribution in [0.5, 0.6) is 0 Å². The predicted molar refractivity (Wildman–Crippen MR) is 55.8 cm³/mol. The number of fused-ring (bicyclic) bond motifs is 1. The zero-order valence-electron chi connectivity index (χ0n) is 8.45. The van der Waals surface area contributed by atoms with Crippen LogP contribution in [0.3, 0.4) is 0 Å². The molecule has 2 aliphatic rings. The van der Waals surface area contributed by atoms with Gasteiger partial charge in [0.25, 0.3) is 0 Å². The van der Waals surface area contributed by atoms with Gasteiger partial charge >= 0.3 is 0 Å². The van der Waals surface area contributed by atoms with E-state index in [4.69, 9.17) is 0 Å². The summed E-state index contributed by atoms with van der Waals surface area (Å²) < 4.78 is 0. The fourth-order valence-corrected chi connectivity index (χ4v) is 2.40. The van der Waals surface area contributed by atoms with Gasteiger partial charge < -0.3 is 10.2 Å². The van der Waals surface area contributed by atoms with Crippen molar-refractivity contribution in [2.24, 2.45) is 0 Å². The Bertz CT molecular complexity index is 338. The second-order valence-corrected chi connectivity index (χ2v) is 4.14. The van der Waals surface area contributed by atoms with Crippen LogP contribution in [0.15, 0.2) is 35.5 Å². The first kappa shape index (κ1) is 9.69. The highest BCUT2D eigenvalue weighted by Crippen LogP contribution is 2.50. The number of allylic oxidation sites excluding steroid dienone is 3. The highest BCUT2D eigenvalue weighted by Gasteiger charge is 2.54. The van der Waals surface area contributed by atoms with E-state index in [0.717, 1.165) is 29.6 Å². The molecule has 0 aromatic carbocycles. The molecule has 0 amide bonds. The van der Waals surface area contributed by atoms with Crippen molar-refractivity contribution in [3.05, 3.63) is 35.5 Å². The van der Waals surface area contributed by atoms with Crippen LogP contribution in [0.2, 0.25) is 0 Å². The molecule has 0 heterocycles. The van der Waals surface area contributed by atoms with E-state index in [1.807, 2.05) is 13.0 Å². The summed E-state index contributed by atoms with van der Waals surface area (Å²) in [4.78, 5) is 0. The minimum Gasteiger partial charge on any atom is -0.385 e. The van der Waals surface area contributed by atoms with Crippen molar-refractivity contribution in [1.82, 2.24) is 0 Å². The molecule has 0 bridgehead atoms. The molecule has 2 unspecified atom stereocenters. The Balaban J connectivity index is 2.43. The van der Waals surface area contributed by atoms with Gasteiger partial charge in [-0.2, -0.15) is 0 Å². The average Bonchev–Trinajstić information content (AvgIpc) is 2.20. The molecule has 1 saturated carbocycles. The highest BCUT2D eigenvalue weighted by molar-refractivity contribution is 5.58. The third-order valence-corrected chi connectivity index (χ3v) is 3.32. The monoisotopic (exact) mass is 192 g/mol. The molecule has 0 spiro atoms. The van der Waals surface area contributed by atoms with Gasteiger partial charge in [-0.25, -0.2) is 0 Å². The van der Waals surface area contributed by atoms with Crippen molar-refractivity contribution in [3.63, 3.8) is 0 Å². The lowest BCUT2D eigenvalue weighted by Crippen LogP contribution is -2.57. The van der Waals surface area contributed by atoms with Crippen LogP contribution in [0.1, 0.15) is 26.2 Å². The van der Waals surface area contributed by atoms with E-state index in [0.29, 0.717) is 6.42 Å². The van der Waals surface area contributed by atoms with Crippen LogP contribution in [0.4, 0.5) is 0 Å². The molecule has 0 aromatic heterocycles. The van der Waals surface area contributed by atoms with Crippen LogP contribution < -0.4 is 0 Å². The van der Waals surface area contributed by atoms with Crippen molar-refractivity contribution >= 4 is 0 Å². The van der Waals surface area contributed by atoms with E-state index in [-0.39, 0.29) is 0 Å². The molecule has 2 heteroatoms. The molecule has 0 radical (unpaired) electrons. The summed E-state index contributed by atoms with van der Waals surface area (Å²) in [6, 6.07) is 0. The molecule has 76 valence electrons. The maximum absolute atomic E-state index is 10.1. The van der Waals surface area contributed by atoms with Crippen molar-refractivity contribution < 1.29 is 10.2 Å². The van der Waals surface area contributed by atoms with Gasteiger partial charge in [-0.05, 0) is 42.9 Å². The summed E-state index contributed by atoms with van der Waals surface area (Å²) in [6.07, 6.45) is 5.68. The van der Waals surface area contributed by atoms with Crippen molar-refractivity contribution in [2.75, 3.05) is 0 Å². The second kappa shape index (κ2) is 3.07. The van der Waals surface area contributed by atoms with Crippen molar-refractivity contribution in [2.45, 2.75) is 37.9 Å². The van der Waals surface area contributed by atoms with E-state index in [1.165, 1.54) is 0 Å². The average molecular weight is 192 g/mol. The molecule has 1 fully saturated rings. The molecule has 2 atom stereocenters. The standard InChI is InChI=1S/C12H16O2/c1-3-8(2)10-9-6-4-5-7-12(9,14)11(10)13/h3,6,11,13-14H,1,4-5,7H2,2H3/b10-8-. The number of aliphatic hydroxyl groups is 2. The first-order valence-electron chi connectivity index (χ1n) is 5.06. The van der Waals surface area contributed by atoms with Crippen LogP contribution in [-0.4, -0.2) is 21.9 Å². The molecule has 2 N–H and O–H groups in total. The van der Waals surface area contributed by atoms with E-state index in [9.17, 15) is 10.2 Å². The lowest BCUT2D eigenvalue weighted by molar-refractivity contribution is -0.0705.